The van der Waals surface area contributed by atoms with Crippen LogP contribution >= 0.6 is 0 Å². The molecule has 0 rings (SSSR count). The van der Waals surface area contributed by atoms with Crippen LogP contribution in [0.5, 0.6) is 0 Å². The van der Waals surface area contributed by atoms with Gasteiger partial charge in [0.1, 0.15) is 0 Å². The molecule has 18 heavy (non-hydrogen) atoms. The molecule has 0 saturated heterocycles. The SMILES string of the molecule is CCCCC(O)C(C)(C)C.CCCCC(O)CC. The lowest BCUT2D eigenvalue weighted by molar-refractivity contribution is 0.0538. The average Bonchev–Trinajstić information content (AvgIpc) is 2.32. The van der Waals surface area contributed by atoms with E-state index in [-0.39, 0.29) is 17.6 Å². The summed E-state index contributed by atoms with van der Waals surface area (Å²) in [5.74, 6) is 0. The molecule has 0 saturated carbocycles. The van der Waals surface area contributed by atoms with Gasteiger partial charge in [-0.15, -0.1) is 0 Å². The van der Waals surface area contributed by atoms with Crippen LogP contribution < -0.4 is 0 Å². The Bertz CT molecular complexity index is 161. The molecule has 2 N–H and O–H groups in total. The van der Waals surface area contributed by atoms with Gasteiger partial charge in [-0.25, -0.2) is 0 Å². The highest BCUT2D eigenvalue weighted by Gasteiger charge is 2.20. The van der Waals surface area contributed by atoms with Gasteiger partial charge in [0, 0.05) is 0 Å². The molecule has 0 aliphatic heterocycles. The van der Waals surface area contributed by atoms with Crippen LogP contribution in [-0.4, -0.2) is 22.4 Å². The summed E-state index contributed by atoms with van der Waals surface area (Å²) in [4.78, 5) is 0. The first kappa shape index (κ1) is 20.2. The molecule has 0 aliphatic rings. The van der Waals surface area contributed by atoms with E-state index in [0.717, 1.165) is 32.1 Å². The largest absolute Gasteiger partial charge is 0.393 e. The van der Waals surface area contributed by atoms with Crippen LogP contribution in [0.15, 0.2) is 0 Å². The molecule has 0 aromatic rings. The first-order chi connectivity index (χ1) is 8.29. The number of unbranched alkanes of at least 4 members (excludes halogenated alkanes) is 2. The molecule has 2 atom stereocenters. The van der Waals surface area contributed by atoms with Gasteiger partial charge in [-0.05, 0) is 24.7 Å². The minimum absolute atomic E-state index is 0.0463. The van der Waals surface area contributed by atoms with Gasteiger partial charge in [-0.2, -0.15) is 0 Å². The second-order valence-electron chi connectivity index (χ2n) is 6.23. The van der Waals surface area contributed by atoms with Gasteiger partial charge in [0.2, 0.25) is 0 Å². The van der Waals surface area contributed by atoms with Crippen LogP contribution in [0.1, 0.15) is 86.5 Å². The van der Waals surface area contributed by atoms with E-state index in [1.807, 2.05) is 6.92 Å². The standard InChI is InChI=1S/C9H20O.C7H16O/c1-5-6-7-8(10)9(2,3)4;1-3-5-6-7(8)4-2/h8,10H,5-7H2,1-4H3;7-8H,3-6H2,1-2H3. The lowest BCUT2D eigenvalue weighted by Gasteiger charge is -2.25. The minimum Gasteiger partial charge on any atom is -0.393 e. The summed E-state index contributed by atoms with van der Waals surface area (Å²) in [5, 5.41) is 18.5. The first-order valence-corrected chi connectivity index (χ1v) is 7.65. The zero-order valence-electron chi connectivity index (χ0n) is 13.5. The van der Waals surface area contributed by atoms with Crippen LogP contribution in [0.25, 0.3) is 0 Å². The number of rotatable bonds is 7. The maximum atomic E-state index is 9.52. The molecule has 0 bridgehead atoms. The van der Waals surface area contributed by atoms with Crippen molar-refractivity contribution in [3.05, 3.63) is 0 Å². The Morgan fingerprint density at radius 1 is 0.833 bits per heavy atom. The minimum atomic E-state index is -0.132. The summed E-state index contributed by atoms with van der Waals surface area (Å²) < 4.78 is 0. The van der Waals surface area contributed by atoms with Gasteiger partial charge in [0.25, 0.3) is 0 Å². The first-order valence-electron chi connectivity index (χ1n) is 7.65. The molecule has 0 heterocycles. The van der Waals surface area contributed by atoms with Crippen molar-refractivity contribution >= 4 is 0 Å². The van der Waals surface area contributed by atoms with Gasteiger partial charge < -0.3 is 10.2 Å². The predicted molar refractivity (Wildman–Crippen MR) is 80.8 cm³/mol. The maximum absolute atomic E-state index is 9.52. The zero-order valence-corrected chi connectivity index (χ0v) is 13.5. The van der Waals surface area contributed by atoms with Crippen molar-refractivity contribution < 1.29 is 10.2 Å². The summed E-state index contributed by atoms with van der Waals surface area (Å²) >= 11 is 0. The third kappa shape index (κ3) is 14.0. The second kappa shape index (κ2) is 12.0. The van der Waals surface area contributed by atoms with Crippen LogP contribution in [0.2, 0.25) is 0 Å². The van der Waals surface area contributed by atoms with Crippen molar-refractivity contribution in [3.63, 3.8) is 0 Å². The Balaban J connectivity index is 0. The third-order valence-electron chi connectivity index (χ3n) is 3.19. The molecule has 2 heteroatoms. The molecular weight excluding hydrogens is 224 g/mol. The summed E-state index contributed by atoms with van der Waals surface area (Å²) in [7, 11) is 0. The summed E-state index contributed by atoms with van der Waals surface area (Å²) in [6.45, 7) is 12.5. The fourth-order valence-electron chi connectivity index (χ4n) is 1.47. The van der Waals surface area contributed by atoms with Crippen molar-refractivity contribution in [2.75, 3.05) is 0 Å². The van der Waals surface area contributed by atoms with Gasteiger partial charge in [-0.3, -0.25) is 0 Å². The number of aliphatic hydroxyl groups is 2. The highest BCUT2D eigenvalue weighted by atomic mass is 16.3. The van der Waals surface area contributed by atoms with E-state index in [4.69, 9.17) is 5.11 Å². The Labute approximate surface area is 115 Å². The molecule has 0 amide bonds. The quantitative estimate of drug-likeness (QED) is 0.706. The lowest BCUT2D eigenvalue weighted by Crippen LogP contribution is -2.25. The molecule has 2 nitrogen and oxygen atoms in total. The number of hydrogen-bond donors (Lipinski definition) is 2. The van der Waals surface area contributed by atoms with E-state index in [9.17, 15) is 5.11 Å². The van der Waals surface area contributed by atoms with E-state index < -0.39 is 0 Å². The number of hydrogen-bond acceptors (Lipinski definition) is 2. The van der Waals surface area contributed by atoms with Crippen molar-refractivity contribution in [3.8, 4) is 0 Å². The topological polar surface area (TPSA) is 40.5 Å². The molecule has 0 aliphatic carbocycles. The monoisotopic (exact) mass is 260 g/mol. The second-order valence-corrected chi connectivity index (χ2v) is 6.23. The van der Waals surface area contributed by atoms with E-state index >= 15 is 0 Å². The van der Waals surface area contributed by atoms with Crippen LogP contribution in [0, 0.1) is 5.41 Å². The van der Waals surface area contributed by atoms with Gasteiger partial charge in [0.05, 0.1) is 12.2 Å². The Morgan fingerprint density at radius 2 is 1.28 bits per heavy atom. The molecule has 2 unspecified atom stereocenters. The van der Waals surface area contributed by atoms with E-state index in [0.29, 0.717) is 0 Å². The van der Waals surface area contributed by atoms with E-state index in [2.05, 4.69) is 34.6 Å². The van der Waals surface area contributed by atoms with Gasteiger partial charge in [-0.1, -0.05) is 67.2 Å². The van der Waals surface area contributed by atoms with Gasteiger partial charge in [0.15, 0.2) is 0 Å². The fourth-order valence-corrected chi connectivity index (χ4v) is 1.47. The molecule has 0 radical (unpaired) electrons. The smallest absolute Gasteiger partial charge is 0.0588 e. The number of aliphatic hydroxyl groups excluding tert-OH is 2. The lowest BCUT2D eigenvalue weighted by atomic mass is 9.86. The summed E-state index contributed by atoms with van der Waals surface area (Å²) in [5.41, 5.74) is 0.0647. The molecular formula is C16H36O2. The van der Waals surface area contributed by atoms with Crippen LogP contribution in [0.4, 0.5) is 0 Å². The van der Waals surface area contributed by atoms with Crippen molar-refractivity contribution in [1.29, 1.82) is 0 Å². The average molecular weight is 260 g/mol. The fraction of sp³-hybridized carbons (Fsp3) is 1.00. The van der Waals surface area contributed by atoms with Crippen molar-refractivity contribution in [1.82, 2.24) is 0 Å². The van der Waals surface area contributed by atoms with Crippen LogP contribution in [-0.2, 0) is 0 Å². The van der Waals surface area contributed by atoms with Crippen molar-refractivity contribution in [2.45, 2.75) is 98.7 Å². The Morgan fingerprint density at radius 3 is 1.61 bits per heavy atom. The highest BCUT2D eigenvalue weighted by Crippen LogP contribution is 2.22. The predicted octanol–water partition coefficient (Wildman–Crippen LogP) is 4.53. The molecule has 0 fully saturated rings. The molecule has 0 aromatic carbocycles. The van der Waals surface area contributed by atoms with Crippen LogP contribution in [0.3, 0.4) is 0 Å². The van der Waals surface area contributed by atoms with E-state index in [1.54, 1.807) is 0 Å². The normalized spacial score (nSPS) is 14.7. The maximum Gasteiger partial charge on any atom is 0.0588 e. The highest BCUT2D eigenvalue weighted by molar-refractivity contribution is 4.71. The van der Waals surface area contributed by atoms with Crippen molar-refractivity contribution in [2.24, 2.45) is 5.41 Å². The van der Waals surface area contributed by atoms with E-state index in [1.165, 1.54) is 12.8 Å². The third-order valence-corrected chi connectivity index (χ3v) is 3.19. The molecule has 112 valence electrons. The summed E-state index contributed by atoms with van der Waals surface area (Å²) in [6, 6.07) is 0. The van der Waals surface area contributed by atoms with Gasteiger partial charge >= 0.3 is 0 Å². The summed E-state index contributed by atoms with van der Waals surface area (Å²) in [6.07, 6.45) is 7.31. The Hall–Kier alpha value is -0.0800. The molecule has 0 aromatic heterocycles. The Kier molecular flexibility index (Phi) is 13.5. The zero-order chi connectivity index (χ0) is 14.6. The molecule has 0 spiro atoms.